The summed E-state index contributed by atoms with van der Waals surface area (Å²) in [6, 6.07) is 3.90. The SMILES string of the molecule is CC(C)(C)c1ccc(C(=O)O)cc1NC(N)=O. The molecule has 0 spiro atoms. The maximum absolute atomic E-state index is 10.9. The number of urea groups is 1. The van der Waals surface area contributed by atoms with Crippen molar-refractivity contribution in [3.8, 4) is 0 Å². The highest BCUT2D eigenvalue weighted by Gasteiger charge is 2.20. The Morgan fingerprint density at radius 3 is 2.29 bits per heavy atom. The van der Waals surface area contributed by atoms with Crippen molar-refractivity contribution in [1.29, 1.82) is 0 Å². The van der Waals surface area contributed by atoms with Gasteiger partial charge in [0.05, 0.1) is 5.56 Å². The quantitative estimate of drug-likeness (QED) is 0.734. The number of benzene rings is 1. The van der Waals surface area contributed by atoms with E-state index in [1.807, 2.05) is 20.8 Å². The Balaban J connectivity index is 3.31. The second-order valence-electron chi connectivity index (χ2n) is 4.80. The van der Waals surface area contributed by atoms with Gasteiger partial charge in [0, 0.05) is 5.69 Å². The molecule has 4 N–H and O–H groups in total. The number of amides is 2. The number of rotatable bonds is 2. The van der Waals surface area contributed by atoms with Gasteiger partial charge in [-0.15, -0.1) is 0 Å². The number of hydrogen-bond acceptors (Lipinski definition) is 2. The van der Waals surface area contributed by atoms with E-state index in [9.17, 15) is 9.59 Å². The Hall–Kier alpha value is -2.04. The van der Waals surface area contributed by atoms with Crippen LogP contribution in [-0.4, -0.2) is 17.1 Å². The zero-order chi connectivity index (χ0) is 13.2. The van der Waals surface area contributed by atoms with Crippen LogP contribution in [0.15, 0.2) is 18.2 Å². The van der Waals surface area contributed by atoms with E-state index in [0.29, 0.717) is 5.69 Å². The third-order valence-electron chi connectivity index (χ3n) is 2.33. The third-order valence-corrected chi connectivity index (χ3v) is 2.33. The van der Waals surface area contributed by atoms with Gasteiger partial charge in [0.1, 0.15) is 0 Å². The number of carboxylic acid groups (broad SMARTS) is 1. The van der Waals surface area contributed by atoms with Crippen LogP contribution in [0.2, 0.25) is 0 Å². The first-order chi connectivity index (χ1) is 7.71. The molecule has 0 saturated heterocycles. The molecule has 0 radical (unpaired) electrons. The fourth-order valence-electron chi connectivity index (χ4n) is 1.57. The molecule has 5 nitrogen and oxygen atoms in total. The molecule has 92 valence electrons. The number of nitrogens with two attached hydrogens (primary N) is 1. The van der Waals surface area contributed by atoms with E-state index in [2.05, 4.69) is 5.32 Å². The predicted octanol–water partition coefficient (Wildman–Crippen LogP) is 2.17. The number of anilines is 1. The minimum Gasteiger partial charge on any atom is -0.478 e. The number of nitrogens with one attached hydrogen (secondary N) is 1. The highest BCUT2D eigenvalue weighted by Crippen LogP contribution is 2.30. The highest BCUT2D eigenvalue weighted by atomic mass is 16.4. The Morgan fingerprint density at radius 1 is 1.29 bits per heavy atom. The summed E-state index contributed by atoms with van der Waals surface area (Å²) >= 11 is 0. The van der Waals surface area contributed by atoms with Crippen molar-refractivity contribution >= 4 is 17.7 Å². The van der Waals surface area contributed by atoms with Crippen molar-refractivity contribution in [3.63, 3.8) is 0 Å². The molecule has 0 aliphatic heterocycles. The maximum atomic E-state index is 10.9. The van der Waals surface area contributed by atoms with Crippen LogP contribution in [-0.2, 0) is 5.41 Å². The van der Waals surface area contributed by atoms with E-state index in [-0.39, 0.29) is 11.0 Å². The summed E-state index contributed by atoms with van der Waals surface area (Å²) in [5.41, 5.74) is 6.23. The molecule has 1 aromatic rings. The Morgan fingerprint density at radius 2 is 1.88 bits per heavy atom. The van der Waals surface area contributed by atoms with Crippen LogP contribution in [0.3, 0.4) is 0 Å². The zero-order valence-electron chi connectivity index (χ0n) is 10.1. The number of primary amides is 1. The van der Waals surface area contributed by atoms with Gasteiger partial charge in [-0.1, -0.05) is 26.8 Å². The molecule has 0 fully saturated rings. The average molecular weight is 236 g/mol. The van der Waals surface area contributed by atoms with Crippen LogP contribution >= 0.6 is 0 Å². The smallest absolute Gasteiger partial charge is 0.335 e. The summed E-state index contributed by atoms with van der Waals surface area (Å²) in [5, 5.41) is 11.3. The minimum absolute atomic E-state index is 0.113. The van der Waals surface area contributed by atoms with Gasteiger partial charge < -0.3 is 16.2 Å². The van der Waals surface area contributed by atoms with Gasteiger partial charge in [0.15, 0.2) is 0 Å². The second kappa shape index (κ2) is 4.45. The van der Waals surface area contributed by atoms with E-state index in [4.69, 9.17) is 10.8 Å². The van der Waals surface area contributed by atoms with Gasteiger partial charge in [0.25, 0.3) is 0 Å². The third kappa shape index (κ3) is 3.21. The largest absolute Gasteiger partial charge is 0.478 e. The van der Waals surface area contributed by atoms with Crippen LogP contribution in [0, 0.1) is 0 Å². The van der Waals surface area contributed by atoms with Gasteiger partial charge in [-0.3, -0.25) is 0 Å². The van der Waals surface area contributed by atoms with E-state index in [0.717, 1.165) is 5.56 Å². The van der Waals surface area contributed by atoms with E-state index >= 15 is 0 Å². The van der Waals surface area contributed by atoms with Crippen molar-refractivity contribution in [3.05, 3.63) is 29.3 Å². The van der Waals surface area contributed by atoms with Crippen molar-refractivity contribution in [1.82, 2.24) is 0 Å². The molecule has 1 aromatic carbocycles. The molecule has 0 aliphatic carbocycles. The lowest BCUT2D eigenvalue weighted by molar-refractivity contribution is 0.0697. The summed E-state index contributed by atoms with van der Waals surface area (Å²) in [4.78, 5) is 21.7. The van der Waals surface area contributed by atoms with Crippen LogP contribution in [0.4, 0.5) is 10.5 Å². The predicted molar refractivity (Wildman–Crippen MR) is 65.3 cm³/mol. The molecular formula is C12H16N2O3. The molecule has 0 saturated carbocycles. The lowest BCUT2D eigenvalue weighted by atomic mass is 9.85. The van der Waals surface area contributed by atoms with Crippen molar-refractivity contribution in [2.75, 3.05) is 5.32 Å². The van der Waals surface area contributed by atoms with Crippen LogP contribution in [0.5, 0.6) is 0 Å². The van der Waals surface area contributed by atoms with Crippen LogP contribution in [0.1, 0.15) is 36.7 Å². The first-order valence-corrected chi connectivity index (χ1v) is 5.16. The monoisotopic (exact) mass is 236 g/mol. The summed E-state index contributed by atoms with van der Waals surface area (Å²) in [6.07, 6.45) is 0. The van der Waals surface area contributed by atoms with Crippen LogP contribution < -0.4 is 11.1 Å². The highest BCUT2D eigenvalue weighted by molar-refractivity contribution is 5.93. The molecule has 0 heterocycles. The molecule has 0 bridgehead atoms. The molecular weight excluding hydrogens is 220 g/mol. The Labute approximate surface area is 99.6 Å². The van der Waals surface area contributed by atoms with E-state index < -0.39 is 12.0 Å². The van der Waals surface area contributed by atoms with Crippen LogP contribution in [0.25, 0.3) is 0 Å². The Kier molecular flexibility index (Phi) is 3.41. The van der Waals surface area contributed by atoms with Gasteiger partial charge in [-0.2, -0.15) is 0 Å². The standard InChI is InChI=1S/C12H16N2O3/c1-12(2,3)8-5-4-7(10(15)16)6-9(8)14-11(13)17/h4-6H,1-3H3,(H,15,16)(H3,13,14,17). The number of hydrogen-bond donors (Lipinski definition) is 3. The summed E-state index contributed by atoms with van der Waals surface area (Å²) in [6.45, 7) is 5.90. The van der Waals surface area contributed by atoms with Gasteiger partial charge in [0.2, 0.25) is 0 Å². The summed E-state index contributed by atoms with van der Waals surface area (Å²) < 4.78 is 0. The molecule has 2 amide bonds. The van der Waals surface area contributed by atoms with Gasteiger partial charge >= 0.3 is 12.0 Å². The van der Waals surface area contributed by atoms with Gasteiger partial charge in [-0.25, -0.2) is 9.59 Å². The van der Waals surface area contributed by atoms with Gasteiger partial charge in [-0.05, 0) is 23.1 Å². The first-order valence-electron chi connectivity index (χ1n) is 5.16. The second-order valence-corrected chi connectivity index (χ2v) is 4.80. The number of carbonyl (C=O) groups excluding carboxylic acids is 1. The summed E-state index contributed by atoms with van der Waals surface area (Å²) in [5.74, 6) is -1.04. The molecule has 17 heavy (non-hydrogen) atoms. The molecule has 0 aliphatic rings. The molecule has 5 heteroatoms. The fraction of sp³-hybridized carbons (Fsp3) is 0.333. The Bertz CT molecular complexity index is 461. The maximum Gasteiger partial charge on any atom is 0.335 e. The minimum atomic E-state index is -1.04. The van der Waals surface area contributed by atoms with E-state index in [1.54, 1.807) is 6.07 Å². The number of carboxylic acids is 1. The van der Waals surface area contributed by atoms with Crippen molar-refractivity contribution < 1.29 is 14.7 Å². The first kappa shape index (κ1) is 13.0. The molecule has 0 unspecified atom stereocenters. The topological polar surface area (TPSA) is 92.4 Å². The fourth-order valence-corrected chi connectivity index (χ4v) is 1.57. The van der Waals surface area contributed by atoms with Crippen molar-refractivity contribution in [2.45, 2.75) is 26.2 Å². The molecule has 0 aromatic heterocycles. The zero-order valence-corrected chi connectivity index (χ0v) is 10.1. The summed E-state index contributed by atoms with van der Waals surface area (Å²) in [7, 11) is 0. The lowest BCUT2D eigenvalue weighted by Crippen LogP contribution is -2.23. The molecule has 0 atom stereocenters. The lowest BCUT2D eigenvalue weighted by Gasteiger charge is -2.23. The average Bonchev–Trinajstić information content (AvgIpc) is 2.14. The number of carbonyl (C=O) groups is 2. The molecule has 1 rings (SSSR count). The number of aromatic carboxylic acids is 1. The van der Waals surface area contributed by atoms with Crippen molar-refractivity contribution in [2.24, 2.45) is 5.73 Å². The van der Waals surface area contributed by atoms with E-state index in [1.165, 1.54) is 12.1 Å². The normalized spacial score (nSPS) is 11.0.